The number of hydrogen-bond donors (Lipinski definition) is 0. The maximum atomic E-state index is 13.0. The smallest absolute Gasteiger partial charge is 0.296 e. The molecular formula is C19H28N4O3. The van der Waals surface area contributed by atoms with Crippen molar-refractivity contribution in [1.29, 1.82) is 0 Å². The van der Waals surface area contributed by atoms with Gasteiger partial charge in [0.1, 0.15) is 5.82 Å². The summed E-state index contributed by atoms with van der Waals surface area (Å²) in [6, 6.07) is 0. The molecule has 7 nitrogen and oxygen atoms in total. The Bertz CT molecular complexity index is 814. The van der Waals surface area contributed by atoms with Crippen LogP contribution in [0.5, 0.6) is 0 Å². The highest BCUT2D eigenvalue weighted by Gasteiger charge is 2.25. The summed E-state index contributed by atoms with van der Waals surface area (Å²) in [6.07, 6.45) is 8.65. The first-order chi connectivity index (χ1) is 12.7. The first-order valence-electron chi connectivity index (χ1n) is 9.73. The van der Waals surface area contributed by atoms with Gasteiger partial charge in [0.25, 0.3) is 5.56 Å². The zero-order valence-electron chi connectivity index (χ0n) is 15.7. The van der Waals surface area contributed by atoms with Crippen LogP contribution in [0.2, 0.25) is 0 Å². The first-order valence-corrected chi connectivity index (χ1v) is 9.73. The third kappa shape index (κ3) is 3.30. The minimum Gasteiger partial charge on any atom is -0.381 e. The Morgan fingerprint density at radius 1 is 1.15 bits per heavy atom. The minimum atomic E-state index is -0.0234. The molecule has 1 saturated heterocycles. The molecule has 0 unspecified atom stereocenters. The minimum absolute atomic E-state index is 0.0234. The second-order valence-corrected chi connectivity index (χ2v) is 7.70. The Labute approximate surface area is 153 Å². The number of rotatable bonds is 4. The van der Waals surface area contributed by atoms with Gasteiger partial charge in [0.05, 0.1) is 6.10 Å². The molecule has 2 fully saturated rings. The van der Waals surface area contributed by atoms with Crippen LogP contribution in [0.25, 0.3) is 5.65 Å². The molecule has 0 radical (unpaired) electrons. The van der Waals surface area contributed by atoms with E-state index in [1.165, 1.54) is 0 Å². The lowest BCUT2D eigenvalue weighted by molar-refractivity contribution is 0.0540. The predicted octanol–water partition coefficient (Wildman–Crippen LogP) is 2.30. The molecule has 1 aliphatic carbocycles. The van der Waals surface area contributed by atoms with Gasteiger partial charge in [-0.3, -0.25) is 9.20 Å². The fourth-order valence-electron chi connectivity index (χ4n) is 4.38. The molecule has 0 bridgehead atoms. The Morgan fingerprint density at radius 2 is 1.88 bits per heavy atom. The van der Waals surface area contributed by atoms with E-state index in [2.05, 4.69) is 10.2 Å². The van der Waals surface area contributed by atoms with E-state index in [4.69, 9.17) is 9.47 Å². The molecule has 1 saturated carbocycles. The van der Waals surface area contributed by atoms with E-state index < -0.39 is 0 Å². The molecule has 2 aromatic rings. The number of methoxy groups -OCH3 is 1. The summed E-state index contributed by atoms with van der Waals surface area (Å²) < 4.78 is 14.7. The molecule has 3 heterocycles. The van der Waals surface area contributed by atoms with E-state index in [0.717, 1.165) is 69.8 Å². The molecule has 2 aliphatic rings. The van der Waals surface area contributed by atoms with Crippen LogP contribution in [0.15, 0.2) is 11.0 Å². The van der Waals surface area contributed by atoms with Gasteiger partial charge in [-0.15, -0.1) is 10.2 Å². The highest BCUT2D eigenvalue weighted by atomic mass is 16.5. The molecule has 1 aliphatic heterocycles. The van der Waals surface area contributed by atoms with Crippen LogP contribution < -0.4 is 5.56 Å². The molecule has 142 valence electrons. The molecule has 0 aromatic carbocycles. The SMILES string of the molecule is CO[C@H]1CC[C@H](Cn2c(C)cn3c(C4CCOCC4)nnc3c2=O)CC1. The quantitative estimate of drug-likeness (QED) is 0.837. The Balaban J connectivity index is 1.60. The third-order valence-corrected chi connectivity index (χ3v) is 6.05. The van der Waals surface area contributed by atoms with Gasteiger partial charge in [-0.25, -0.2) is 0 Å². The molecule has 26 heavy (non-hydrogen) atoms. The Kier molecular flexibility index (Phi) is 5.09. The lowest BCUT2D eigenvalue weighted by Crippen LogP contribution is -2.30. The van der Waals surface area contributed by atoms with E-state index in [1.807, 2.05) is 22.1 Å². The molecule has 7 heteroatoms. The van der Waals surface area contributed by atoms with Crippen molar-refractivity contribution in [3.8, 4) is 0 Å². The average Bonchev–Trinajstić information content (AvgIpc) is 3.10. The topological polar surface area (TPSA) is 70.7 Å². The average molecular weight is 360 g/mol. The standard InChI is InChI=1S/C19H28N4O3/c1-13-11-23-17(15-7-9-26-10-8-15)20-21-18(23)19(24)22(13)12-14-3-5-16(25-2)6-4-14/h11,14-16H,3-10,12H2,1-2H3/t14-,16-. The second-order valence-electron chi connectivity index (χ2n) is 7.70. The van der Waals surface area contributed by atoms with E-state index in [0.29, 0.717) is 23.6 Å². The van der Waals surface area contributed by atoms with Crippen LogP contribution in [0.4, 0.5) is 0 Å². The molecule has 0 atom stereocenters. The van der Waals surface area contributed by atoms with Gasteiger partial charge < -0.3 is 14.0 Å². The summed E-state index contributed by atoms with van der Waals surface area (Å²) in [5.41, 5.74) is 1.40. The zero-order valence-corrected chi connectivity index (χ0v) is 15.7. The van der Waals surface area contributed by atoms with Crippen molar-refractivity contribution in [1.82, 2.24) is 19.2 Å². The summed E-state index contributed by atoms with van der Waals surface area (Å²) in [4.78, 5) is 13.0. The number of nitrogens with zero attached hydrogens (tertiary/aromatic N) is 4. The molecule has 0 N–H and O–H groups in total. The first kappa shape index (κ1) is 17.7. The summed E-state index contributed by atoms with van der Waals surface area (Å²) in [6.45, 7) is 4.27. The zero-order chi connectivity index (χ0) is 18.1. The van der Waals surface area contributed by atoms with Crippen LogP contribution in [-0.4, -0.2) is 45.6 Å². The Morgan fingerprint density at radius 3 is 2.58 bits per heavy atom. The Hall–Kier alpha value is -1.73. The monoisotopic (exact) mass is 360 g/mol. The molecule has 4 rings (SSSR count). The maximum absolute atomic E-state index is 13.0. The summed E-state index contributed by atoms with van der Waals surface area (Å²) in [5, 5.41) is 8.59. The van der Waals surface area contributed by atoms with Gasteiger partial charge in [0.2, 0.25) is 5.65 Å². The number of aryl methyl sites for hydroxylation is 1. The van der Waals surface area contributed by atoms with Crippen molar-refractivity contribution in [3.05, 3.63) is 28.1 Å². The number of fused-ring (bicyclic) bond motifs is 1. The summed E-state index contributed by atoms with van der Waals surface area (Å²) in [7, 11) is 1.79. The summed E-state index contributed by atoms with van der Waals surface area (Å²) in [5.74, 6) is 1.74. The van der Waals surface area contributed by atoms with E-state index in [1.54, 1.807) is 7.11 Å². The summed E-state index contributed by atoms with van der Waals surface area (Å²) >= 11 is 0. The van der Waals surface area contributed by atoms with Gasteiger partial charge in [0.15, 0.2) is 0 Å². The van der Waals surface area contributed by atoms with Crippen molar-refractivity contribution in [2.45, 2.75) is 64.0 Å². The van der Waals surface area contributed by atoms with Crippen LogP contribution in [-0.2, 0) is 16.0 Å². The highest BCUT2D eigenvalue weighted by Crippen LogP contribution is 2.28. The lowest BCUT2D eigenvalue weighted by Gasteiger charge is -2.28. The van der Waals surface area contributed by atoms with Crippen molar-refractivity contribution in [2.24, 2.45) is 5.92 Å². The molecule has 0 amide bonds. The van der Waals surface area contributed by atoms with Crippen LogP contribution in [0.3, 0.4) is 0 Å². The third-order valence-electron chi connectivity index (χ3n) is 6.05. The van der Waals surface area contributed by atoms with Crippen LogP contribution in [0, 0.1) is 12.8 Å². The van der Waals surface area contributed by atoms with E-state index >= 15 is 0 Å². The molecule has 2 aromatic heterocycles. The van der Waals surface area contributed by atoms with Crippen molar-refractivity contribution in [3.63, 3.8) is 0 Å². The number of hydrogen-bond acceptors (Lipinski definition) is 5. The molecular weight excluding hydrogens is 332 g/mol. The van der Waals surface area contributed by atoms with E-state index in [9.17, 15) is 4.79 Å². The van der Waals surface area contributed by atoms with Crippen molar-refractivity contribution < 1.29 is 9.47 Å². The predicted molar refractivity (Wildman–Crippen MR) is 97.5 cm³/mol. The van der Waals surface area contributed by atoms with Gasteiger partial charge in [-0.1, -0.05) is 0 Å². The fourth-order valence-corrected chi connectivity index (χ4v) is 4.38. The van der Waals surface area contributed by atoms with Gasteiger partial charge in [-0.05, 0) is 51.4 Å². The number of aromatic nitrogens is 4. The largest absolute Gasteiger partial charge is 0.381 e. The maximum Gasteiger partial charge on any atom is 0.296 e. The number of ether oxygens (including phenoxy) is 2. The van der Waals surface area contributed by atoms with Crippen LogP contribution in [0.1, 0.15) is 56.0 Å². The van der Waals surface area contributed by atoms with Crippen LogP contribution >= 0.6 is 0 Å². The van der Waals surface area contributed by atoms with Crippen molar-refractivity contribution in [2.75, 3.05) is 20.3 Å². The van der Waals surface area contributed by atoms with Crippen molar-refractivity contribution >= 4 is 5.65 Å². The molecule has 0 spiro atoms. The van der Waals surface area contributed by atoms with Gasteiger partial charge in [-0.2, -0.15) is 0 Å². The normalized spacial score (nSPS) is 25.0. The highest BCUT2D eigenvalue weighted by molar-refractivity contribution is 5.36. The lowest BCUT2D eigenvalue weighted by atomic mass is 9.87. The van der Waals surface area contributed by atoms with Gasteiger partial charge >= 0.3 is 0 Å². The second kappa shape index (κ2) is 7.48. The van der Waals surface area contributed by atoms with Gasteiger partial charge in [0, 0.05) is 44.7 Å². The van der Waals surface area contributed by atoms with E-state index in [-0.39, 0.29) is 5.56 Å². The fraction of sp³-hybridized carbons (Fsp3) is 0.737.